The third-order valence-electron chi connectivity index (χ3n) is 0.968. The maximum absolute atomic E-state index is 6.82. The lowest BCUT2D eigenvalue weighted by atomic mass is 10.3. The summed E-state index contributed by atoms with van der Waals surface area (Å²) < 4.78 is 25.1. The number of rotatable bonds is 1. The molecular weight excluding hydrogens is 114 g/mol. The maximum atomic E-state index is 6.82. The van der Waals surface area contributed by atoms with Crippen LogP contribution >= 0.6 is 0 Å². The van der Waals surface area contributed by atoms with E-state index in [4.69, 9.17) is 4.11 Å². The molecule has 0 radical (unpaired) electrons. The highest BCUT2D eigenvalue weighted by atomic mass is 16.5. The summed E-state index contributed by atoms with van der Waals surface area (Å²) >= 11 is 0. The van der Waals surface area contributed by atoms with Crippen molar-refractivity contribution in [3.8, 4) is 5.75 Å². The molecule has 2 nitrogen and oxygen atoms in total. The highest BCUT2D eigenvalue weighted by molar-refractivity contribution is 5.21. The molecule has 0 aromatic carbocycles. The Morgan fingerprint density at radius 1 is 1.67 bits per heavy atom. The van der Waals surface area contributed by atoms with E-state index in [0.717, 1.165) is 5.56 Å². The third kappa shape index (κ3) is 1.42. The Balaban J connectivity index is 2.77. The Morgan fingerprint density at radius 2 is 2.56 bits per heavy atom. The van der Waals surface area contributed by atoms with Crippen molar-refractivity contribution in [2.24, 2.45) is 0 Å². The maximum Gasteiger partial charge on any atom is 0.137 e. The summed E-state index contributed by atoms with van der Waals surface area (Å²) in [6, 6.07) is 1.62. The number of hydrogen-bond acceptors (Lipinski definition) is 2. The minimum absolute atomic E-state index is 0.273. The molecule has 0 N–H and O–H groups in total. The van der Waals surface area contributed by atoms with E-state index in [2.05, 4.69) is 9.72 Å². The lowest BCUT2D eigenvalue weighted by molar-refractivity contribution is 0.412. The van der Waals surface area contributed by atoms with Gasteiger partial charge in [-0.3, -0.25) is 4.98 Å². The second-order valence-corrected chi connectivity index (χ2v) is 1.80. The van der Waals surface area contributed by atoms with Gasteiger partial charge in [-0.1, -0.05) is 0 Å². The van der Waals surface area contributed by atoms with Gasteiger partial charge in [0.05, 0.1) is 17.3 Å². The highest BCUT2D eigenvalue weighted by Gasteiger charge is 1.88. The van der Waals surface area contributed by atoms with Gasteiger partial charge in [0.15, 0.2) is 0 Å². The van der Waals surface area contributed by atoms with E-state index in [1.54, 1.807) is 12.3 Å². The van der Waals surface area contributed by atoms with Gasteiger partial charge in [-0.2, -0.15) is 0 Å². The van der Waals surface area contributed by atoms with E-state index in [0.29, 0.717) is 0 Å². The largest absolute Gasteiger partial charge is 0.495 e. The van der Waals surface area contributed by atoms with Crippen LogP contribution in [0.1, 0.15) is 9.68 Å². The second-order valence-electron chi connectivity index (χ2n) is 1.80. The van der Waals surface area contributed by atoms with Crippen LogP contribution in [-0.2, 0) is 0 Å². The summed E-state index contributed by atoms with van der Waals surface area (Å²) in [5.74, 6) is 0.273. The molecule has 9 heavy (non-hydrogen) atoms. The quantitative estimate of drug-likeness (QED) is 0.567. The molecule has 0 aliphatic heterocycles. The summed E-state index contributed by atoms with van der Waals surface area (Å²) in [7, 11) is -2.39. The van der Waals surface area contributed by atoms with Crippen molar-refractivity contribution >= 4 is 0 Å². The summed E-state index contributed by atoms with van der Waals surface area (Å²) in [5.41, 5.74) is 0.872. The first-order valence-electron chi connectivity index (χ1n) is 4.08. The molecule has 0 aliphatic rings. The fraction of sp³-hybridized carbons (Fsp3) is 0.286. The standard InChI is InChI=1S/C7H9NO/c1-6-3-7(9-2)5-8-4-6/h3-5H,1-2H3/i2D3. The summed E-state index contributed by atoms with van der Waals surface area (Å²) in [4.78, 5) is 3.79. The number of aryl methyl sites for hydroxylation is 1. The molecule has 2 heteroatoms. The average Bonchev–Trinajstić information content (AvgIpc) is 1.82. The van der Waals surface area contributed by atoms with Gasteiger partial charge < -0.3 is 4.74 Å². The molecule has 0 amide bonds. The normalized spacial score (nSPS) is 15.4. The fourth-order valence-corrected chi connectivity index (χ4v) is 0.583. The summed E-state index contributed by atoms with van der Waals surface area (Å²) in [6.45, 7) is 1.82. The third-order valence-corrected chi connectivity index (χ3v) is 0.968. The van der Waals surface area contributed by atoms with Crippen LogP contribution < -0.4 is 4.74 Å². The van der Waals surface area contributed by atoms with E-state index < -0.39 is 7.04 Å². The van der Waals surface area contributed by atoms with Crippen LogP contribution in [0.2, 0.25) is 0 Å². The molecular formula is C7H9NO. The van der Waals surface area contributed by atoms with Crippen molar-refractivity contribution in [3.05, 3.63) is 24.0 Å². The van der Waals surface area contributed by atoms with Crippen LogP contribution in [0.25, 0.3) is 0 Å². The SMILES string of the molecule is [2H]C([2H])([2H])Oc1cncc(C)c1. The molecule has 0 bridgehead atoms. The average molecular weight is 126 g/mol. The Kier molecular flexibility index (Phi) is 0.884. The molecule has 0 spiro atoms. The van der Waals surface area contributed by atoms with Gasteiger partial charge in [0.25, 0.3) is 0 Å². The number of pyridine rings is 1. The van der Waals surface area contributed by atoms with Crippen molar-refractivity contribution in [1.29, 1.82) is 0 Å². The van der Waals surface area contributed by atoms with Crippen molar-refractivity contribution < 1.29 is 8.85 Å². The van der Waals surface area contributed by atoms with Gasteiger partial charge in [0.1, 0.15) is 5.75 Å². The molecule has 0 atom stereocenters. The first kappa shape index (κ1) is 3.20. The molecule has 0 fully saturated rings. The van der Waals surface area contributed by atoms with Gasteiger partial charge in [0, 0.05) is 6.20 Å². The monoisotopic (exact) mass is 126 g/mol. The fourth-order valence-electron chi connectivity index (χ4n) is 0.583. The molecule has 0 saturated heterocycles. The number of aromatic nitrogens is 1. The zero-order valence-electron chi connectivity index (χ0n) is 8.09. The Labute approximate surface area is 58.7 Å². The van der Waals surface area contributed by atoms with E-state index in [1.807, 2.05) is 6.92 Å². The van der Waals surface area contributed by atoms with Crippen molar-refractivity contribution in [1.82, 2.24) is 4.98 Å². The predicted molar refractivity (Wildman–Crippen MR) is 35.5 cm³/mol. The first-order valence-corrected chi connectivity index (χ1v) is 2.58. The van der Waals surface area contributed by atoms with Gasteiger partial charge in [-0.05, 0) is 18.6 Å². The number of methoxy groups -OCH3 is 1. The molecule has 1 rings (SSSR count). The van der Waals surface area contributed by atoms with Crippen LogP contribution in [0.5, 0.6) is 5.75 Å². The molecule has 0 aliphatic carbocycles. The van der Waals surface area contributed by atoms with Gasteiger partial charge in [0.2, 0.25) is 0 Å². The second kappa shape index (κ2) is 2.49. The van der Waals surface area contributed by atoms with E-state index in [9.17, 15) is 0 Å². The number of nitrogens with zero attached hydrogens (tertiary/aromatic N) is 1. The minimum atomic E-state index is -2.39. The highest BCUT2D eigenvalue weighted by Crippen LogP contribution is 2.07. The molecule has 1 aromatic heterocycles. The molecule has 0 saturated carbocycles. The van der Waals surface area contributed by atoms with Crippen LogP contribution in [-0.4, -0.2) is 12.0 Å². The zero-order chi connectivity index (χ0) is 9.19. The lowest BCUT2D eigenvalue weighted by Crippen LogP contribution is -1.84. The number of hydrogen-bond donors (Lipinski definition) is 0. The summed E-state index contributed by atoms with van der Waals surface area (Å²) in [6.07, 6.45) is 3.01. The predicted octanol–water partition coefficient (Wildman–Crippen LogP) is 1.40. The van der Waals surface area contributed by atoms with Crippen molar-refractivity contribution in [2.45, 2.75) is 6.92 Å². The molecule has 48 valence electrons. The Bertz CT molecular complexity index is 272. The molecule has 1 aromatic rings. The van der Waals surface area contributed by atoms with Gasteiger partial charge in [-0.15, -0.1) is 0 Å². The Hall–Kier alpha value is -1.05. The van der Waals surface area contributed by atoms with Crippen molar-refractivity contribution in [2.75, 3.05) is 7.04 Å². The minimum Gasteiger partial charge on any atom is -0.495 e. The van der Waals surface area contributed by atoms with Crippen LogP contribution in [0, 0.1) is 6.92 Å². The first-order chi connectivity index (χ1) is 5.47. The van der Waals surface area contributed by atoms with Crippen LogP contribution in [0.3, 0.4) is 0 Å². The van der Waals surface area contributed by atoms with Crippen molar-refractivity contribution in [3.63, 3.8) is 0 Å². The van der Waals surface area contributed by atoms with Gasteiger partial charge >= 0.3 is 0 Å². The van der Waals surface area contributed by atoms with Gasteiger partial charge in [-0.25, -0.2) is 0 Å². The Morgan fingerprint density at radius 3 is 3.22 bits per heavy atom. The smallest absolute Gasteiger partial charge is 0.137 e. The van der Waals surface area contributed by atoms with E-state index >= 15 is 0 Å². The van der Waals surface area contributed by atoms with E-state index in [1.165, 1.54) is 6.20 Å². The topological polar surface area (TPSA) is 22.1 Å². The number of ether oxygens (including phenoxy) is 1. The molecule has 0 unspecified atom stereocenters. The van der Waals surface area contributed by atoms with Crippen LogP contribution in [0.15, 0.2) is 18.5 Å². The lowest BCUT2D eigenvalue weighted by Gasteiger charge is -1.97. The zero-order valence-corrected chi connectivity index (χ0v) is 5.09. The van der Waals surface area contributed by atoms with E-state index in [-0.39, 0.29) is 5.75 Å². The summed E-state index contributed by atoms with van der Waals surface area (Å²) in [5, 5.41) is 0. The van der Waals surface area contributed by atoms with Crippen LogP contribution in [0.4, 0.5) is 0 Å². The molecule has 1 heterocycles.